The van der Waals surface area contributed by atoms with Gasteiger partial charge in [0.25, 0.3) is 0 Å². The van der Waals surface area contributed by atoms with Crippen LogP contribution in [0.2, 0.25) is 0 Å². The number of fused-ring (bicyclic) bond motifs is 1. The fourth-order valence-corrected chi connectivity index (χ4v) is 4.25. The second kappa shape index (κ2) is 7.59. The molecule has 1 heterocycles. The standard InChI is InChI=1S/C25H27NO2/c1-17-5-11-23(18(2)15-17)25-24-12-10-22(28-4)16-19(24)13-14-26(25)20-6-8-21(27-3)9-7-20/h5-12,15-16,25H,13-14H2,1-4H3. The highest BCUT2D eigenvalue weighted by molar-refractivity contribution is 5.59. The topological polar surface area (TPSA) is 21.7 Å². The van der Waals surface area contributed by atoms with Crippen molar-refractivity contribution in [2.24, 2.45) is 0 Å². The van der Waals surface area contributed by atoms with Crippen molar-refractivity contribution in [1.29, 1.82) is 0 Å². The average molecular weight is 373 g/mol. The molecule has 0 radical (unpaired) electrons. The van der Waals surface area contributed by atoms with Crippen molar-refractivity contribution in [3.8, 4) is 11.5 Å². The summed E-state index contributed by atoms with van der Waals surface area (Å²) in [6, 6.07) is 21.8. The highest BCUT2D eigenvalue weighted by Crippen LogP contribution is 2.41. The predicted octanol–water partition coefficient (Wildman–Crippen LogP) is 5.47. The highest BCUT2D eigenvalue weighted by atomic mass is 16.5. The molecule has 3 heteroatoms. The van der Waals surface area contributed by atoms with Gasteiger partial charge in [-0.25, -0.2) is 0 Å². The summed E-state index contributed by atoms with van der Waals surface area (Å²) in [6.07, 6.45) is 1.000. The Balaban J connectivity index is 1.85. The van der Waals surface area contributed by atoms with Gasteiger partial charge in [-0.15, -0.1) is 0 Å². The fraction of sp³-hybridized carbons (Fsp3) is 0.280. The second-order valence-corrected chi connectivity index (χ2v) is 7.47. The average Bonchev–Trinajstić information content (AvgIpc) is 2.73. The Bertz CT molecular complexity index is 978. The summed E-state index contributed by atoms with van der Waals surface area (Å²) in [5.41, 5.74) is 7.92. The predicted molar refractivity (Wildman–Crippen MR) is 115 cm³/mol. The molecule has 0 saturated heterocycles. The van der Waals surface area contributed by atoms with E-state index in [9.17, 15) is 0 Å². The third kappa shape index (κ3) is 3.33. The molecular formula is C25H27NO2. The molecule has 0 saturated carbocycles. The summed E-state index contributed by atoms with van der Waals surface area (Å²) in [4.78, 5) is 2.51. The molecule has 144 valence electrons. The maximum absolute atomic E-state index is 5.47. The molecule has 0 fully saturated rings. The van der Waals surface area contributed by atoms with E-state index in [-0.39, 0.29) is 6.04 Å². The van der Waals surface area contributed by atoms with Crippen LogP contribution in [-0.2, 0) is 6.42 Å². The Morgan fingerprint density at radius 3 is 2.14 bits per heavy atom. The van der Waals surface area contributed by atoms with Gasteiger partial charge >= 0.3 is 0 Å². The minimum atomic E-state index is 0.184. The first-order valence-corrected chi connectivity index (χ1v) is 9.75. The van der Waals surface area contributed by atoms with Crippen molar-refractivity contribution in [2.75, 3.05) is 25.7 Å². The molecule has 0 aliphatic carbocycles. The van der Waals surface area contributed by atoms with Crippen LogP contribution in [0.1, 0.15) is 33.9 Å². The number of ether oxygens (including phenoxy) is 2. The van der Waals surface area contributed by atoms with E-state index in [0.717, 1.165) is 24.5 Å². The molecule has 4 rings (SSSR count). The zero-order valence-corrected chi connectivity index (χ0v) is 17.0. The summed E-state index contributed by atoms with van der Waals surface area (Å²) >= 11 is 0. The highest BCUT2D eigenvalue weighted by Gasteiger charge is 2.30. The quantitative estimate of drug-likeness (QED) is 0.605. The van der Waals surface area contributed by atoms with Crippen molar-refractivity contribution in [3.63, 3.8) is 0 Å². The van der Waals surface area contributed by atoms with Gasteiger partial charge in [0, 0.05) is 12.2 Å². The lowest BCUT2D eigenvalue weighted by Gasteiger charge is -2.40. The summed E-state index contributed by atoms with van der Waals surface area (Å²) < 4.78 is 10.8. The molecule has 0 aromatic heterocycles. The Hall–Kier alpha value is -2.94. The third-order valence-corrected chi connectivity index (χ3v) is 5.70. The van der Waals surface area contributed by atoms with Crippen molar-refractivity contribution in [1.82, 2.24) is 0 Å². The van der Waals surface area contributed by atoms with E-state index in [4.69, 9.17) is 9.47 Å². The van der Waals surface area contributed by atoms with Crippen LogP contribution in [0.15, 0.2) is 60.7 Å². The SMILES string of the molecule is COc1ccc(N2CCc3cc(OC)ccc3C2c2ccc(C)cc2C)cc1. The van der Waals surface area contributed by atoms with E-state index in [0.29, 0.717) is 0 Å². The van der Waals surface area contributed by atoms with E-state index in [2.05, 4.69) is 67.3 Å². The third-order valence-electron chi connectivity index (χ3n) is 5.70. The van der Waals surface area contributed by atoms with Gasteiger partial charge in [0.15, 0.2) is 0 Å². The number of hydrogen-bond donors (Lipinski definition) is 0. The van der Waals surface area contributed by atoms with Crippen LogP contribution in [0.25, 0.3) is 0 Å². The fourth-order valence-electron chi connectivity index (χ4n) is 4.25. The number of hydrogen-bond acceptors (Lipinski definition) is 3. The monoisotopic (exact) mass is 373 g/mol. The summed E-state index contributed by atoms with van der Waals surface area (Å²) in [6.45, 7) is 5.33. The Kier molecular flexibility index (Phi) is 4.99. The Morgan fingerprint density at radius 1 is 0.786 bits per heavy atom. The lowest BCUT2D eigenvalue weighted by molar-refractivity contribution is 0.413. The number of nitrogens with zero attached hydrogens (tertiary/aromatic N) is 1. The normalized spacial score (nSPS) is 15.9. The van der Waals surface area contributed by atoms with Crippen LogP contribution in [-0.4, -0.2) is 20.8 Å². The number of benzene rings is 3. The molecule has 0 N–H and O–H groups in total. The van der Waals surface area contributed by atoms with Crippen molar-refractivity contribution >= 4 is 5.69 Å². The number of aryl methyl sites for hydroxylation is 2. The van der Waals surface area contributed by atoms with Crippen LogP contribution < -0.4 is 14.4 Å². The molecule has 1 atom stereocenters. The molecule has 0 amide bonds. The van der Waals surface area contributed by atoms with Gasteiger partial charge in [0.05, 0.1) is 20.3 Å². The van der Waals surface area contributed by atoms with Gasteiger partial charge in [-0.2, -0.15) is 0 Å². The van der Waals surface area contributed by atoms with Crippen LogP contribution in [0, 0.1) is 13.8 Å². The number of rotatable bonds is 4. The summed E-state index contributed by atoms with van der Waals surface area (Å²) in [5.74, 6) is 1.81. The lowest BCUT2D eigenvalue weighted by Crippen LogP contribution is -2.36. The first-order valence-electron chi connectivity index (χ1n) is 9.75. The van der Waals surface area contributed by atoms with Crippen LogP contribution >= 0.6 is 0 Å². The molecule has 1 aliphatic rings. The summed E-state index contributed by atoms with van der Waals surface area (Å²) in [7, 11) is 3.44. The maximum Gasteiger partial charge on any atom is 0.119 e. The van der Waals surface area contributed by atoms with E-state index >= 15 is 0 Å². The molecule has 3 aromatic carbocycles. The van der Waals surface area contributed by atoms with E-state index in [1.807, 2.05) is 12.1 Å². The van der Waals surface area contributed by atoms with Crippen molar-refractivity contribution in [3.05, 3.63) is 88.5 Å². The Morgan fingerprint density at radius 2 is 1.46 bits per heavy atom. The molecule has 0 spiro atoms. The van der Waals surface area contributed by atoms with Crippen LogP contribution in [0.3, 0.4) is 0 Å². The van der Waals surface area contributed by atoms with Crippen LogP contribution in [0.5, 0.6) is 11.5 Å². The summed E-state index contributed by atoms with van der Waals surface area (Å²) in [5, 5.41) is 0. The zero-order chi connectivity index (χ0) is 19.7. The maximum atomic E-state index is 5.47. The molecule has 1 unspecified atom stereocenters. The first-order chi connectivity index (χ1) is 13.6. The molecule has 0 bridgehead atoms. The van der Waals surface area contributed by atoms with Gasteiger partial charge in [0.1, 0.15) is 11.5 Å². The lowest BCUT2D eigenvalue weighted by atomic mass is 9.85. The van der Waals surface area contributed by atoms with E-state index in [1.54, 1.807) is 14.2 Å². The van der Waals surface area contributed by atoms with Gasteiger partial charge in [-0.1, -0.05) is 29.8 Å². The molecule has 1 aliphatic heterocycles. The Labute approximate surface area is 167 Å². The smallest absolute Gasteiger partial charge is 0.119 e. The van der Waals surface area contributed by atoms with Gasteiger partial charge in [0.2, 0.25) is 0 Å². The molecule has 28 heavy (non-hydrogen) atoms. The van der Waals surface area contributed by atoms with E-state index < -0.39 is 0 Å². The minimum Gasteiger partial charge on any atom is -0.497 e. The second-order valence-electron chi connectivity index (χ2n) is 7.47. The largest absolute Gasteiger partial charge is 0.497 e. The number of methoxy groups -OCH3 is 2. The van der Waals surface area contributed by atoms with Crippen molar-refractivity contribution in [2.45, 2.75) is 26.3 Å². The molecular weight excluding hydrogens is 346 g/mol. The number of anilines is 1. The minimum absolute atomic E-state index is 0.184. The van der Waals surface area contributed by atoms with Gasteiger partial charge in [-0.3, -0.25) is 0 Å². The zero-order valence-electron chi connectivity index (χ0n) is 17.0. The van der Waals surface area contributed by atoms with Gasteiger partial charge < -0.3 is 14.4 Å². The molecule has 3 nitrogen and oxygen atoms in total. The van der Waals surface area contributed by atoms with Crippen LogP contribution in [0.4, 0.5) is 5.69 Å². The van der Waals surface area contributed by atoms with E-state index in [1.165, 1.54) is 33.5 Å². The van der Waals surface area contributed by atoms with Gasteiger partial charge in [-0.05, 0) is 78.9 Å². The first kappa shape index (κ1) is 18.4. The molecule has 3 aromatic rings. The van der Waals surface area contributed by atoms with Crippen molar-refractivity contribution < 1.29 is 9.47 Å².